The number of rotatable bonds is 4. The minimum absolute atomic E-state index is 0.576. The van der Waals surface area contributed by atoms with Crippen LogP contribution in [0.4, 0.5) is 0 Å². The first-order valence-corrected chi connectivity index (χ1v) is 9.30. The molecular formula is C20H30N2O2. The Labute approximate surface area is 145 Å². The molecule has 1 saturated carbocycles. The summed E-state index contributed by atoms with van der Waals surface area (Å²) in [5.74, 6) is 2.62. The van der Waals surface area contributed by atoms with Gasteiger partial charge in [0.15, 0.2) is 11.5 Å². The number of hydrogen-bond acceptors (Lipinski definition) is 4. The second-order valence-corrected chi connectivity index (χ2v) is 7.07. The van der Waals surface area contributed by atoms with E-state index in [0.29, 0.717) is 23.3 Å². The van der Waals surface area contributed by atoms with Crippen molar-refractivity contribution in [3.8, 4) is 0 Å². The predicted molar refractivity (Wildman–Crippen MR) is 97.1 cm³/mol. The van der Waals surface area contributed by atoms with Gasteiger partial charge >= 0.3 is 0 Å². The molecule has 3 aliphatic rings. The monoisotopic (exact) mass is 330 g/mol. The Hall–Kier alpha value is -1.55. The molecule has 3 rings (SSSR count). The second kappa shape index (κ2) is 8.02. The molecule has 0 radical (unpaired) electrons. The lowest BCUT2D eigenvalue weighted by Gasteiger charge is -2.28. The molecule has 4 heteroatoms. The van der Waals surface area contributed by atoms with Gasteiger partial charge in [0.1, 0.15) is 0 Å². The van der Waals surface area contributed by atoms with E-state index in [9.17, 15) is 0 Å². The van der Waals surface area contributed by atoms with Crippen LogP contribution in [0, 0.1) is 17.2 Å². The van der Waals surface area contributed by atoms with Gasteiger partial charge in [0.2, 0.25) is 0 Å². The SMILES string of the molecule is COC1=CC(=N)/C(=C(\C2CCCC2)C2CCCNCC2)C=C1OC. The summed E-state index contributed by atoms with van der Waals surface area (Å²) in [5, 5.41) is 12.1. The maximum absolute atomic E-state index is 8.58. The van der Waals surface area contributed by atoms with Crippen molar-refractivity contribution < 1.29 is 9.47 Å². The largest absolute Gasteiger partial charge is 0.493 e. The van der Waals surface area contributed by atoms with Crippen LogP contribution in [0.3, 0.4) is 0 Å². The fourth-order valence-corrected chi connectivity index (χ4v) is 4.46. The van der Waals surface area contributed by atoms with Crippen LogP contribution in [0.15, 0.2) is 34.8 Å². The normalized spacial score (nSPS) is 28.1. The van der Waals surface area contributed by atoms with Crippen molar-refractivity contribution in [3.05, 3.63) is 34.8 Å². The molecular weight excluding hydrogens is 300 g/mol. The van der Waals surface area contributed by atoms with Crippen LogP contribution in [-0.4, -0.2) is 33.0 Å². The van der Waals surface area contributed by atoms with Crippen molar-refractivity contribution in [1.29, 1.82) is 5.41 Å². The maximum atomic E-state index is 8.58. The van der Waals surface area contributed by atoms with Gasteiger partial charge in [-0.15, -0.1) is 0 Å². The van der Waals surface area contributed by atoms with Crippen LogP contribution >= 0.6 is 0 Å². The summed E-state index contributed by atoms with van der Waals surface area (Å²) in [6.45, 7) is 2.20. The Morgan fingerprint density at radius 1 is 0.917 bits per heavy atom. The minimum atomic E-state index is 0.576. The molecule has 2 N–H and O–H groups in total. The summed E-state index contributed by atoms with van der Waals surface area (Å²) in [5.41, 5.74) is 3.18. The zero-order valence-corrected chi connectivity index (χ0v) is 15.0. The van der Waals surface area contributed by atoms with E-state index >= 15 is 0 Å². The first-order chi connectivity index (χ1) is 11.7. The van der Waals surface area contributed by atoms with Gasteiger partial charge in [0, 0.05) is 11.6 Å². The van der Waals surface area contributed by atoms with Crippen molar-refractivity contribution in [1.82, 2.24) is 5.32 Å². The molecule has 2 fully saturated rings. The Kier molecular flexibility index (Phi) is 5.77. The first kappa shape index (κ1) is 17.3. The maximum Gasteiger partial charge on any atom is 0.162 e. The van der Waals surface area contributed by atoms with E-state index in [1.807, 2.05) is 12.2 Å². The molecule has 0 aromatic carbocycles. The van der Waals surface area contributed by atoms with E-state index in [0.717, 1.165) is 24.4 Å². The lowest BCUT2D eigenvalue weighted by atomic mass is 9.77. The highest BCUT2D eigenvalue weighted by atomic mass is 16.5. The van der Waals surface area contributed by atoms with Crippen LogP contribution in [0.1, 0.15) is 44.9 Å². The topological polar surface area (TPSA) is 54.3 Å². The standard InChI is InChI=1S/C20H30N2O2/c1-23-18-12-16(17(21)13-19(18)24-2)20(14-6-3-4-7-14)15-8-5-10-22-11-9-15/h12-15,21-22H,3-11H2,1-2H3/b20-16+,21-17?. The first-order valence-electron chi connectivity index (χ1n) is 9.30. The van der Waals surface area contributed by atoms with Gasteiger partial charge in [0.25, 0.3) is 0 Å². The lowest BCUT2D eigenvalue weighted by Crippen LogP contribution is -2.20. The van der Waals surface area contributed by atoms with E-state index in [1.54, 1.807) is 14.2 Å². The van der Waals surface area contributed by atoms with Gasteiger partial charge < -0.3 is 20.2 Å². The number of nitrogens with one attached hydrogen (secondary N) is 2. The molecule has 0 amide bonds. The molecule has 0 spiro atoms. The summed E-state index contributed by atoms with van der Waals surface area (Å²) in [6, 6.07) is 0. The molecule has 1 aliphatic heterocycles. The van der Waals surface area contributed by atoms with Gasteiger partial charge in [-0.3, -0.25) is 0 Å². The van der Waals surface area contributed by atoms with Crippen molar-refractivity contribution in [3.63, 3.8) is 0 Å². The van der Waals surface area contributed by atoms with E-state index in [1.165, 1.54) is 50.5 Å². The molecule has 1 saturated heterocycles. The minimum Gasteiger partial charge on any atom is -0.493 e. The number of allylic oxidation sites excluding steroid dienone is 4. The second-order valence-electron chi connectivity index (χ2n) is 7.07. The lowest BCUT2D eigenvalue weighted by molar-refractivity contribution is 0.220. The van der Waals surface area contributed by atoms with E-state index < -0.39 is 0 Å². The predicted octanol–water partition coefficient (Wildman–Crippen LogP) is 3.96. The van der Waals surface area contributed by atoms with Gasteiger partial charge in [-0.1, -0.05) is 18.4 Å². The van der Waals surface area contributed by atoms with Crippen molar-refractivity contribution in [2.24, 2.45) is 11.8 Å². The Bertz CT molecular complexity index is 560. The van der Waals surface area contributed by atoms with Crippen LogP contribution in [0.2, 0.25) is 0 Å². The smallest absolute Gasteiger partial charge is 0.162 e. The fraction of sp³-hybridized carbons (Fsp3) is 0.650. The number of ether oxygens (including phenoxy) is 2. The average molecular weight is 330 g/mol. The molecule has 1 atom stereocenters. The van der Waals surface area contributed by atoms with Crippen LogP contribution in [0.25, 0.3) is 0 Å². The molecule has 0 bridgehead atoms. The van der Waals surface area contributed by atoms with Crippen molar-refractivity contribution in [2.45, 2.75) is 44.9 Å². The summed E-state index contributed by atoms with van der Waals surface area (Å²) >= 11 is 0. The molecule has 132 valence electrons. The molecule has 0 aromatic heterocycles. The Morgan fingerprint density at radius 3 is 2.25 bits per heavy atom. The fourth-order valence-electron chi connectivity index (χ4n) is 4.46. The third kappa shape index (κ3) is 3.59. The number of methoxy groups -OCH3 is 2. The van der Waals surface area contributed by atoms with Gasteiger partial charge in [-0.2, -0.15) is 0 Å². The zero-order chi connectivity index (χ0) is 16.9. The highest BCUT2D eigenvalue weighted by molar-refractivity contribution is 6.10. The van der Waals surface area contributed by atoms with Crippen molar-refractivity contribution >= 4 is 5.71 Å². The summed E-state index contributed by atoms with van der Waals surface area (Å²) < 4.78 is 10.9. The molecule has 24 heavy (non-hydrogen) atoms. The van der Waals surface area contributed by atoms with E-state index in [4.69, 9.17) is 14.9 Å². The third-order valence-electron chi connectivity index (χ3n) is 5.65. The van der Waals surface area contributed by atoms with Crippen LogP contribution in [-0.2, 0) is 9.47 Å². The highest BCUT2D eigenvalue weighted by Crippen LogP contribution is 2.41. The number of hydrogen-bond donors (Lipinski definition) is 2. The zero-order valence-electron chi connectivity index (χ0n) is 15.0. The summed E-state index contributed by atoms with van der Waals surface area (Å²) in [6.07, 6.45) is 12.7. The molecule has 0 aromatic rings. The quantitative estimate of drug-likeness (QED) is 0.820. The molecule has 1 heterocycles. The third-order valence-corrected chi connectivity index (χ3v) is 5.65. The van der Waals surface area contributed by atoms with Crippen molar-refractivity contribution in [2.75, 3.05) is 27.3 Å². The van der Waals surface area contributed by atoms with Crippen LogP contribution < -0.4 is 5.32 Å². The molecule has 4 nitrogen and oxygen atoms in total. The molecule has 2 aliphatic carbocycles. The van der Waals surface area contributed by atoms with E-state index in [2.05, 4.69) is 5.32 Å². The van der Waals surface area contributed by atoms with E-state index in [-0.39, 0.29) is 0 Å². The Balaban J connectivity index is 2.02. The van der Waals surface area contributed by atoms with Gasteiger partial charge in [0.05, 0.1) is 19.9 Å². The molecule has 1 unspecified atom stereocenters. The highest BCUT2D eigenvalue weighted by Gasteiger charge is 2.31. The van der Waals surface area contributed by atoms with Gasteiger partial charge in [-0.05, 0) is 63.1 Å². The van der Waals surface area contributed by atoms with Gasteiger partial charge in [-0.25, -0.2) is 0 Å². The average Bonchev–Trinajstić information content (AvgIpc) is 2.99. The van der Waals surface area contributed by atoms with Crippen LogP contribution in [0.5, 0.6) is 0 Å². The summed E-state index contributed by atoms with van der Waals surface area (Å²) in [7, 11) is 3.31. The Morgan fingerprint density at radius 2 is 1.54 bits per heavy atom. The summed E-state index contributed by atoms with van der Waals surface area (Å²) in [4.78, 5) is 0.